The molecular formula is C14H46Cl2N8Pt2+2. The molecule has 0 bridgehead atoms. The van der Waals surface area contributed by atoms with Gasteiger partial charge in [0.25, 0.3) is 0 Å². The maximum absolute atomic E-state index is 5.45. The van der Waals surface area contributed by atoms with Crippen LogP contribution in [0.3, 0.4) is 0 Å². The Labute approximate surface area is 192 Å². The zero-order valence-electron chi connectivity index (χ0n) is 16.3. The van der Waals surface area contributed by atoms with Gasteiger partial charge in [0.15, 0.2) is 0 Å². The Bertz CT molecular complexity index is 153. The van der Waals surface area contributed by atoms with E-state index in [1.807, 2.05) is 0 Å². The third-order valence-corrected chi connectivity index (χ3v) is 3.09. The van der Waals surface area contributed by atoms with Gasteiger partial charge in [0, 0.05) is 13.1 Å². The van der Waals surface area contributed by atoms with Gasteiger partial charge in [0.2, 0.25) is 0 Å². The normalized spacial score (nSPS) is 8.15. The number of nitrogens with two attached hydrogens (primary N) is 2. The predicted octanol–water partition coefficient (Wildman–Crippen LogP) is 3.23. The second-order valence-corrected chi connectivity index (χ2v) is 4.91. The van der Waals surface area contributed by atoms with Crippen molar-refractivity contribution < 1.29 is 37.5 Å². The number of hydrogen-bond donors (Lipinski definition) is 8. The number of unbranched alkanes of at least 4 members (excludes halogenated alkanes) is 6. The second kappa shape index (κ2) is 56.3. The molecule has 0 saturated carbocycles. The molecule has 0 radical (unpaired) electrons. The van der Waals surface area contributed by atoms with Crippen LogP contribution in [0.25, 0.3) is 0 Å². The van der Waals surface area contributed by atoms with Crippen LogP contribution >= 0.6 is 18.8 Å². The van der Waals surface area contributed by atoms with Gasteiger partial charge in [-0.25, -0.2) is 0 Å². The first kappa shape index (κ1) is 46.0. The van der Waals surface area contributed by atoms with Gasteiger partial charge in [-0.05, 0) is 51.9 Å². The van der Waals surface area contributed by atoms with Gasteiger partial charge in [-0.2, -0.15) is 0 Å². The molecule has 8 nitrogen and oxygen atoms in total. The molecule has 0 aliphatic carbocycles. The molecule has 0 saturated heterocycles. The van der Waals surface area contributed by atoms with Crippen molar-refractivity contribution in [3.05, 3.63) is 0 Å². The predicted molar refractivity (Wildman–Crippen MR) is 113 cm³/mol. The summed E-state index contributed by atoms with van der Waals surface area (Å²) in [5.41, 5.74) is 10.9. The molecule has 18 N–H and O–H groups in total. The zero-order valence-corrected chi connectivity index (χ0v) is 22.3. The summed E-state index contributed by atoms with van der Waals surface area (Å²) in [6.45, 7) is 6.12. The van der Waals surface area contributed by atoms with E-state index in [4.69, 9.17) is 11.5 Å². The Balaban J connectivity index is -0.0000000839. The Kier molecular flexibility index (Phi) is 99.7. The molecule has 0 aliphatic heterocycles. The summed E-state index contributed by atoms with van der Waals surface area (Å²) in [7, 11) is 9.22. The van der Waals surface area contributed by atoms with Crippen molar-refractivity contribution in [3.63, 3.8) is 0 Å². The van der Waals surface area contributed by atoms with Gasteiger partial charge in [-0.3, -0.25) is 0 Å². The van der Waals surface area contributed by atoms with Crippen molar-refractivity contribution in [1.29, 1.82) is 0 Å². The van der Waals surface area contributed by atoms with Gasteiger partial charge >= 0.3 is 56.4 Å². The summed E-state index contributed by atoms with van der Waals surface area (Å²) in [6.07, 6.45) is 10.1. The van der Waals surface area contributed by atoms with Crippen molar-refractivity contribution in [2.24, 2.45) is 11.5 Å². The van der Waals surface area contributed by atoms with Crippen molar-refractivity contribution >= 4 is 18.8 Å². The van der Waals surface area contributed by atoms with Crippen LogP contribution in [0.2, 0.25) is 0 Å². The summed E-state index contributed by atoms with van der Waals surface area (Å²) in [5.74, 6) is 0. The average Bonchev–Trinajstić information content (AvgIpc) is 2.59. The molecule has 26 heavy (non-hydrogen) atoms. The van der Waals surface area contributed by atoms with Gasteiger partial charge in [0.05, 0.1) is 0 Å². The van der Waals surface area contributed by atoms with Crippen LogP contribution < -0.4 is 46.7 Å². The molecule has 12 heteroatoms. The number of nitrogens with one attached hydrogen (secondary N) is 2. The Morgan fingerprint density at radius 3 is 1.00 bits per heavy atom. The Morgan fingerprint density at radius 1 is 0.462 bits per heavy atom. The van der Waals surface area contributed by atoms with Gasteiger partial charge in [-0.15, -0.1) is 0 Å². The minimum absolute atomic E-state index is 0. The number of rotatable bonds is 15. The van der Waals surface area contributed by atoms with Gasteiger partial charge < -0.3 is 46.7 Å². The zero-order chi connectivity index (χ0) is 17.3. The quantitative estimate of drug-likeness (QED) is 0.115. The standard InChI is InChI=1S/C14H34N4.2ClH.4H3N.2Pt/c15-9-5-1-3-7-11-17-13-14-18-12-8-4-2-6-10-16;;;;;;;;/h17-18H,1-16H2;2*1H;4*1H3;;/q;;;;;;;2*+2/p-2. The summed E-state index contributed by atoms with van der Waals surface area (Å²) >= 11 is 3.22. The van der Waals surface area contributed by atoms with E-state index in [9.17, 15) is 0 Å². The third-order valence-electron chi connectivity index (χ3n) is 3.09. The fourth-order valence-electron chi connectivity index (χ4n) is 1.92. The van der Waals surface area contributed by atoms with E-state index in [1.54, 1.807) is 37.5 Å². The van der Waals surface area contributed by atoms with Gasteiger partial charge in [0.1, 0.15) is 0 Å². The summed E-state index contributed by atoms with van der Waals surface area (Å²) in [6, 6.07) is 0. The molecule has 0 atom stereocenters. The maximum atomic E-state index is 5.45. The molecule has 0 unspecified atom stereocenters. The molecule has 0 heterocycles. The van der Waals surface area contributed by atoms with Crippen molar-refractivity contribution in [2.45, 2.75) is 51.4 Å². The molecule has 0 aromatic carbocycles. The van der Waals surface area contributed by atoms with E-state index in [2.05, 4.69) is 29.5 Å². The number of hydrogen-bond acceptors (Lipinski definition) is 8. The second-order valence-electron chi connectivity index (χ2n) is 4.91. The molecule has 0 fully saturated rings. The topological polar surface area (TPSA) is 216 Å². The van der Waals surface area contributed by atoms with E-state index in [1.165, 1.54) is 51.4 Å². The first-order chi connectivity index (χ1) is 10.9. The van der Waals surface area contributed by atoms with Crippen LogP contribution in [0.5, 0.6) is 0 Å². The SMILES string of the molecule is N.N.N.N.NCCCCCCNCCNCCCCCCN.[Cl][Pt+].[Cl][Pt+]. The van der Waals surface area contributed by atoms with Crippen LogP contribution in [0.1, 0.15) is 51.4 Å². The molecule has 0 aliphatic rings. The summed E-state index contributed by atoms with van der Waals surface area (Å²) in [4.78, 5) is 0. The molecule has 174 valence electrons. The first-order valence-electron chi connectivity index (χ1n) is 7.97. The number of halogens is 2. The van der Waals surface area contributed by atoms with Crippen LogP contribution in [-0.4, -0.2) is 39.3 Å². The fraction of sp³-hybridized carbons (Fsp3) is 1.00. The van der Waals surface area contributed by atoms with Crippen LogP contribution in [0, 0.1) is 0 Å². The first-order valence-corrected chi connectivity index (χ1v) is 13.6. The van der Waals surface area contributed by atoms with Crippen molar-refractivity contribution in [3.8, 4) is 0 Å². The average molecular weight is 788 g/mol. The van der Waals surface area contributed by atoms with Crippen LogP contribution in [0.4, 0.5) is 0 Å². The Hall–Kier alpha value is 1.64. The third kappa shape index (κ3) is 56.2. The van der Waals surface area contributed by atoms with Crippen LogP contribution in [-0.2, 0) is 37.5 Å². The Morgan fingerprint density at radius 2 is 0.731 bits per heavy atom. The summed E-state index contributed by atoms with van der Waals surface area (Å²) in [5, 5.41) is 6.93. The van der Waals surface area contributed by atoms with E-state index in [0.29, 0.717) is 0 Å². The molecule has 0 aromatic rings. The fourth-order valence-corrected chi connectivity index (χ4v) is 1.92. The van der Waals surface area contributed by atoms with Crippen LogP contribution in [0.15, 0.2) is 0 Å². The van der Waals surface area contributed by atoms with Gasteiger partial charge in [-0.1, -0.05) is 25.7 Å². The van der Waals surface area contributed by atoms with E-state index < -0.39 is 0 Å². The monoisotopic (exact) mass is 786 g/mol. The molecule has 0 aromatic heterocycles. The molecule has 0 amide bonds. The van der Waals surface area contributed by atoms with E-state index in [0.717, 1.165) is 39.3 Å². The molecule has 0 rings (SSSR count). The molecule has 0 spiro atoms. The van der Waals surface area contributed by atoms with E-state index in [-0.39, 0.29) is 24.6 Å². The summed E-state index contributed by atoms with van der Waals surface area (Å²) < 4.78 is 0. The van der Waals surface area contributed by atoms with Crippen molar-refractivity contribution in [2.75, 3.05) is 39.3 Å². The van der Waals surface area contributed by atoms with E-state index >= 15 is 0 Å². The minimum atomic E-state index is 0. The molecular weight excluding hydrogens is 741 g/mol. The van der Waals surface area contributed by atoms with Crippen molar-refractivity contribution in [1.82, 2.24) is 35.2 Å².